The summed E-state index contributed by atoms with van der Waals surface area (Å²) in [5, 5.41) is 16.3. The minimum atomic E-state index is 0.204. The second-order valence-corrected chi connectivity index (χ2v) is 6.47. The smallest absolute Gasteiger partial charge is 0.223 e. The molecule has 2 aromatic rings. The van der Waals surface area contributed by atoms with Crippen LogP contribution in [0.2, 0.25) is 0 Å². The summed E-state index contributed by atoms with van der Waals surface area (Å²) >= 11 is 0. The van der Waals surface area contributed by atoms with E-state index in [9.17, 15) is 4.79 Å². The number of aryl methyl sites for hydroxylation is 2. The standard InChI is InChI=1S/C16H23N7O/c1-12-18-19-15-4-6-21(8-9-22(12)15)16(24)3-2-13-10-14-11-17-5-7-23(14)20-13/h10,17H,2-9,11H2,1H3. The molecule has 0 spiro atoms. The number of hydrogen-bond donors (Lipinski definition) is 1. The third-order valence-electron chi connectivity index (χ3n) is 4.88. The first-order chi connectivity index (χ1) is 11.7. The predicted octanol–water partition coefficient (Wildman–Crippen LogP) is -0.0963. The number of carbonyl (C=O) groups excluding carboxylic acids is 1. The Labute approximate surface area is 140 Å². The molecule has 0 saturated heterocycles. The minimum absolute atomic E-state index is 0.204. The monoisotopic (exact) mass is 329 g/mol. The molecule has 0 saturated carbocycles. The van der Waals surface area contributed by atoms with Gasteiger partial charge in [0.25, 0.3) is 0 Å². The fraction of sp³-hybridized carbons (Fsp3) is 0.625. The fourth-order valence-electron chi connectivity index (χ4n) is 3.49. The molecule has 0 aromatic carbocycles. The molecule has 8 heteroatoms. The highest BCUT2D eigenvalue weighted by molar-refractivity contribution is 5.76. The summed E-state index contributed by atoms with van der Waals surface area (Å²) in [6, 6.07) is 2.12. The average molecular weight is 329 g/mol. The van der Waals surface area contributed by atoms with Crippen molar-refractivity contribution in [3.8, 4) is 0 Å². The van der Waals surface area contributed by atoms with E-state index < -0.39 is 0 Å². The van der Waals surface area contributed by atoms with E-state index in [1.54, 1.807) is 0 Å². The third-order valence-corrected chi connectivity index (χ3v) is 4.88. The number of aromatic nitrogens is 5. The van der Waals surface area contributed by atoms with Gasteiger partial charge in [-0.15, -0.1) is 10.2 Å². The quantitative estimate of drug-likeness (QED) is 0.851. The van der Waals surface area contributed by atoms with E-state index in [4.69, 9.17) is 0 Å². The average Bonchev–Trinajstić information content (AvgIpc) is 3.09. The van der Waals surface area contributed by atoms with E-state index in [1.807, 2.05) is 11.8 Å². The molecule has 128 valence electrons. The van der Waals surface area contributed by atoms with Crippen LogP contribution in [0.25, 0.3) is 0 Å². The van der Waals surface area contributed by atoms with Gasteiger partial charge in [-0.3, -0.25) is 9.48 Å². The second kappa shape index (κ2) is 6.35. The SMILES string of the molecule is Cc1nnc2n1CCN(C(=O)CCc1cc3n(n1)CCNC3)CC2. The van der Waals surface area contributed by atoms with Crippen LogP contribution in [0.15, 0.2) is 6.07 Å². The lowest BCUT2D eigenvalue weighted by Gasteiger charge is -2.19. The van der Waals surface area contributed by atoms with Gasteiger partial charge in [0.2, 0.25) is 5.91 Å². The van der Waals surface area contributed by atoms with Crippen molar-refractivity contribution < 1.29 is 4.79 Å². The highest BCUT2D eigenvalue weighted by Gasteiger charge is 2.21. The van der Waals surface area contributed by atoms with E-state index in [2.05, 4.69) is 35.9 Å². The van der Waals surface area contributed by atoms with Gasteiger partial charge in [-0.2, -0.15) is 5.10 Å². The van der Waals surface area contributed by atoms with Gasteiger partial charge in [0.05, 0.1) is 17.9 Å². The Morgan fingerprint density at radius 3 is 3.04 bits per heavy atom. The van der Waals surface area contributed by atoms with Crippen molar-refractivity contribution >= 4 is 5.91 Å². The Morgan fingerprint density at radius 1 is 1.25 bits per heavy atom. The molecule has 2 aliphatic rings. The van der Waals surface area contributed by atoms with Crippen molar-refractivity contribution in [2.75, 3.05) is 19.6 Å². The zero-order valence-electron chi connectivity index (χ0n) is 14.0. The van der Waals surface area contributed by atoms with Gasteiger partial charge in [0.1, 0.15) is 11.6 Å². The number of fused-ring (bicyclic) bond motifs is 2. The molecule has 4 heterocycles. The van der Waals surface area contributed by atoms with Gasteiger partial charge in [-0.1, -0.05) is 0 Å². The van der Waals surface area contributed by atoms with Gasteiger partial charge in [-0.05, 0) is 13.0 Å². The number of hydrogen-bond acceptors (Lipinski definition) is 5. The maximum atomic E-state index is 12.6. The summed E-state index contributed by atoms with van der Waals surface area (Å²) in [7, 11) is 0. The Balaban J connectivity index is 1.34. The number of nitrogens with one attached hydrogen (secondary N) is 1. The zero-order valence-corrected chi connectivity index (χ0v) is 14.0. The third kappa shape index (κ3) is 2.93. The molecular weight excluding hydrogens is 306 g/mol. The van der Waals surface area contributed by atoms with Crippen LogP contribution in [0.5, 0.6) is 0 Å². The molecular formula is C16H23N7O. The highest BCUT2D eigenvalue weighted by Crippen LogP contribution is 2.13. The molecule has 0 atom stereocenters. The number of nitrogens with zero attached hydrogens (tertiary/aromatic N) is 6. The number of amides is 1. The maximum Gasteiger partial charge on any atom is 0.223 e. The van der Waals surface area contributed by atoms with Crippen molar-refractivity contribution in [2.45, 2.75) is 45.8 Å². The molecule has 0 fully saturated rings. The Kier molecular flexibility index (Phi) is 4.05. The van der Waals surface area contributed by atoms with Crippen molar-refractivity contribution in [3.63, 3.8) is 0 Å². The molecule has 0 unspecified atom stereocenters. The van der Waals surface area contributed by atoms with Gasteiger partial charge >= 0.3 is 0 Å². The first kappa shape index (κ1) is 15.3. The van der Waals surface area contributed by atoms with E-state index in [0.717, 1.165) is 63.0 Å². The molecule has 2 aromatic heterocycles. The zero-order chi connectivity index (χ0) is 16.5. The number of rotatable bonds is 3. The summed E-state index contributed by atoms with van der Waals surface area (Å²) in [6.07, 6.45) is 2.00. The largest absolute Gasteiger partial charge is 0.340 e. The summed E-state index contributed by atoms with van der Waals surface area (Å²) in [4.78, 5) is 14.5. The van der Waals surface area contributed by atoms with E-state index >= 15 is 0 Å². The van der Waals surface area contributed by atoms with Crippen molar-refractivity contribution in [1.82, 2.24) is 34.8 Å². The van der Waals surface area contributed by atoms with Crippen molar-refractivity contribution in [2.24, 2.45) is 0 Å². The molecule has 24 heavy (non-hydrogen) atoms. The summed E-state index contributed by atoms with van der Waals surface area (Å²) in [5.41, 5.74) is 2.23. The lowest BCUT2D eigenvalue weighted by Crippen LogP contribution is -2.33. The summed E-state index contributed by atoms with van der Waals surface area (Å²) in [5.74, 6) is 2.11. The highest BCUT2D eigenvalue weighted by atomic mass is 16.2. The van der Waals surface area contributed by atoms with Gasteiger partial charge in [-0.25, -0.2) is 0 Å². The minimum Gasteiger partial charge on any atom is -0.340 e. The first-order valence-electron chi connectivity index (χ1n) is 8.63. The van der Waals surface area contributed by atoms with Crippen LogP contribution < -0.4 is 5.32 Å². The molecule has 1 N–H and O–H groups in total. The molecule has 0 radical (unpaired) electrons. The Hall–Kier alpha value is -2.22. The van der Waals surface area contributed by atoms with Crippen LogP contribution in [0, 0.1) is 6.92 Å². The van der Waals surface area contributed by atoms with Crippen LogP contribution in [0.1, 0.15) is 29.5 Å². The molecule has 0 bridgehead atoms. The Morgan fingerprint density at radius 2 is 2.17 bits per heavy atom. The second-order valence-electron chi connectivity index (χ2n) is 6.47. The van der Waals surface area contributed by atoms with Crippen LogP contribution in [0.4, 0.5) is 0 Å². The number of carbonyl (C=O) groups is 1. The van der Waals surface area contributed by atoms with Crippen molar-refractivity contribution in [3.05, 3.63) is 29.1 Å². The summed E-state index contributed by atoms with van der Waals surface area (Å²) in [6.45, 7) is 6.94. The first-order valence-corrected chi connectivity index (χ1v) is 8.63. The van der Waals surface area contributed by atoms with Crippen molar-refractivity contribution in [1.29, 1.82) is 0 Å². The van der Waals surface area contributed by atoms with Crippen LogP contribution in [0.3, 0.4) is 0 Å². The molecule has 4 rings (SSSR count). The predicted molar refractivity (Wildman–Crippen MR) is 87.3 cm³/mol. The van der Waals surface area contributed by atoms with Crippen LogP contribution in [-0.2, 0) is 37.3 Å². The summed E-state index contributed by atoms with van der Waals surface area (Å²) < 4.78 is 4.17. The molecule has 2 aliphatic heterocycles. The normalized spacial score (nSPS) is 17.3. The van der Waals surface area contributed by atoms with Crippen LogP contribution in [-0.4, -0.2) is 55.0 Å². The van der Waals surface area contributed by atoms with Gasteiger partial charge in [0, 0.05) is 52.0 Å². The lowest BCUT2D eigenvalue weighted by molar-refractivity contribution is -0.131. The van der Waals surface area contributed by atoms with Gasteiger partial charge < -0.3 is 14.8 Å². The molecule has 0 aliphatic carbocycles. The molecule has 1 amide bonds. The van der Waals surface area contributed by atoms with E-state index in [1.165, 1.54) is 5.69 Å². The topological polar surface area (TPSA) is 80.9 Å². The van der Waals surface area contributed by atoms with Crippen LogP contribution >= 0.6 is 0 Å². The fourth-order valence-corrected chi connectivity index (χ4v) is 3.49. The van der Waals surface area contributed by atoms with E-state index in [0.29, 0.717) is 12.8 Å². The Bertz CT molecular complexity index is 724. The van der Waals surface area contributed by atoms with E-state index in [-0.39, 0.29) is 5.91 Å². The maximum absolute atomic E-state index is 12.6. The lowest BCUT2D eigenvalue weighted by atomic mass is 10.2. The van der Waals surface area contributed by atoms with Gasteiger partial charge in [0.15, 0.2) is 0 Å². The molecule has 8 nitrogen and oxygen atoms in total.